The van der Waals surface area contributed by atoms with Gasteiger partial charge in [-0.25, -0.2) is 9.78 Å². The number of hydrogen-bond donors (Lipinski definition) is 3. The number of nitrogens with zero attached hydrogens (tertiary/aromatic N) is 2. The molecule has 1 saturated heterocycles. The number of anilines is 1. The van der Waals surface area contributed by atoms with E-state index in [9.17, 15) is 14.7 Å². The topological polar surface area (TPSA) is 109 Å². The van der Waals surface area contributed by atoms with E-state index in [0.717, 1.165) is 21.6 Å². The number of β-lactam (4-membered cyclic amide) rings is 1. The summed E-state index contributed by atoms with van der Waals surface area (Å²) in [4.78, 5) is 30.8. The fourth-order valence-corrected chi connectivity index (χ4v) is 4.30. The molecule has 0 bridgehead atoms. The van der Waals surface area contributed by atoms with E-state index in [1.165, 1.54) is 0 Å². The van der Waals surface area contributed by atoms with Crippen molar-refractivity contribution in [3.05, 3.63) is 108 Å². The van der Waals surface area contributed by atoms with Crippen LogP contribution in [0.25, 0.3) is 0 Å². The standard InChI is InChI=1S/C26H26N4O3/c1-17(31)24-21(14-18-12-13-28-23(27)15-18)25(32)30(24)26(33)29-16-22(19-8-4-2-5-9-19)20-10-6-3-7-11-20/h2-13,15,21-22,24,31H,1,14,16H2,(H2,27,28)(H,29,33)/t21-,24?/m1/s1. The summed E-state index contributed by atoms with van der Waals surface area (Å²) in [6.45, 7) is 3.89. The van der Waals surface area contributed by atoms with Crippen molar-refractivity contribution in [2.24, 2.45) is 5.92 Å². The molecular formula is C26H26N4O3. The molecule has 1 aromatic heterocycles. The SMILES string of the molecule is C=C(O)C1[C@@H](Cc2ccnc(N)c2)C(=O)N1C(=O)NCC(c1ccccc1)c1ccccc1. The van der Waals surface area contributed by atoms with Gasteiger partial charge in [-0.3, -0.25) is 9.69 Å². The number of hydrogen-bond acceptors (Lipinski definition) is 5. The summed E-state index contributed by atoms with van der Waals surface area (Å²) < 4.78 is 0. The first kappa shape index (κ1) is 22.1. The molecule has 2 aromatic carbocycles. The van der Waals surface area contributed by atoms with E-state index >= 15 is 0 Å². The fourth-order valence-electron chi connectivity index (χ4n) is 4.30. The molecule has 4 rings (SSSR count). The minimum absolute atomic E-state index is 0.0842. The Labute approximate surface area is 192 Å². The molecule has 2 heterocycles. The summed E-state index contributed by atoms with van der Waals surface area (Å²) in [6.07, 6.45) is 1.89. The molecule has 2 atom stereocenters. The molecule has 0 radical (unpaired) electrons. The Balaban J connectivity index is 1.47. The quantitative estimate of drug-likeness (QED) is 0.382. The van der Waals surface area contributed by atoms with E-state index in [0.29, 0.717) is 18.8 Å². The molecule has 1 unspecified atom stereocenters. The first-order chi connectivity index (χ1) is 16.0. The summed E-state index contributed by atoms with van der Waals surface area (Å²) in [5.74, 6) is -0.909. The summed E-state index contributed by atoms with van der Waals surface area (Å²) in [5.41, 5.74) is 8.63. The van der Waals surface area contributed by atoms with Gasteiger partial charge in [0.1, 0.15) is 17.6 Å². The number of pyridine rings is 1. The molecule has 4 N–H and O–H groups in total. The summed E-state index contributed by atoms with van der Waals surface area (Å²) in [5, 5.41) is 13.0. The van der Waals surface area contributed by atoms with Crippen LogP contribution in [0.3, 0.4) is 0 Å². The first-order valence-corrected chi connectivity index (χ1v) is 10.7. The molecule has 0 saturated carbocycles. The average molecular weight is 443 g/mol. The molecule has 0 aliphatic carbocycles. The second-order valence-corrected chi connectivity index (χ2v) is 8.10. The van der Waals surface area contributed by atoms with Crippen molar-refractivity contribution in [3.63, 3.8) is 0 Å². The third-order valence-electron chi connectivity index (χ3n) is 5.94. The van der Waals surface area contributed by atoms with Crippen LogP contribution in [0.5, 0.6) is 0 Å². The Hall–Kier alpha value is -4.13. The lowest BCUT2D eigenvalue weighted by Gasteiger charge is -2.45. The highest BCUT2D eigenvalue weighted by molar-refractivity contribution is 6.02. The number of nitrogen functional groups attached to an aromatic ring is 1. The number of imide groups is 1. The molecule has 0 spiro atoms. The molecule has 7 nitrogen and oxygen atoms in total. The lowest BCUT2D eigenvalue weighted by Crippen LogP contribution is -2.66. The molecule has 1 aliphatic rings. The van der Waals surface area contributed by atoms with Crippen LogP contribution in [0.2, 0.25) is 0 Å². The predicted octanol–water partition coefficient (Wildman–Crippen LogP) is 3.65. The van der Waals surface area contributed by atoms with Gasteiger partial charge in [0.25, 0.3) is 0 Å². The maximum absolute atomic E-state index is 13.0. The van der Waals surface area contributed by atoms with Gasteiger partial charge in [0.15, 0.2) is 0 Å². The van der Waals surface area contributed by atoms with Gasteiger partial charge in [0, 0.05) is 18.7 Å². The molecule has 3 amide bonds. The van der Waals surface area contributed by atoms with Crippen LogP contribution >= 0.6 is 0 Å². The van der Waals surface area contributed by atoms with Crippen LogP contribution in [0.4, 0.5) is 10.6 Å². The zero-order valence-corrected chi connectivity index (χ0v) is 18.1. The summed E-state index contributed by atoms with van der Waals surface area (Å²) in [6, 6.07) is 21.8. The molecule has 1 fully saturated rings. The minimum atomic E-state index is -0.793. The highest BCUT2D eigenvalue weighted by atomic mass is 16.3. The number of carbonyl (C=O) groups is 2. The van der Waals surface area contributed by atoms with E-state index in [4.69, 9.17) is 5.73 Å². The fraction of sp³-hybridized carbons (Fsp3) is 0.192. The van der Waals surface area contributed by atoms with E-state index in [-0.39, 0.29) is 17.6 Å². The highest BCUT2D eigenvalue weighted by Gasteiger charge is 2.52. The van der Waals surface area contributed by atoms with Crippen LogP contribution in [0, 0.1) is 5.92 Å². The maximum Gasteiger partial charge on any atom is 0.324 e. The Morgan fingerprint density at radius 2 is 1.70 bits per heavy atom. The van der Waals surface area contributed by atoms with Crippen LogP contribution in [0.1, 0.15) is 22.6 Å². The Kier molecular flexibility index (Phi) is 6.40. The largest absolute Gasteiger partial charge is 0.511 e. The molecule has 7 heteroatoms. The lowest BCUT2D eigenvalue weighted by atomic mass is 9.81. The molecule has 168 valence electrons. The maximum atomic E-state index is 13.0. The van der Waals surface area contributed by atoms with Crippen molar-refractivity contribution in [1.82, 2.24) is 15.2 Å². The van der Waals surface area contributed by atoms with Crippen molar-refractivity contribution < 1.29 is 14.7 Å². The smallest absolute Gasteiger partial charge is 0.324 e. The van der Waals surface area contributed by atoms with Crippen LogP contribution < -0.4 is 11.1 Å². The number of aliphatic hydroxyl groups excluding tert-OH is 1. The zero-order chi connectivity index (χ0) is 23.4. The second kappa shape index (κ2) is 9.56. The number of benzene rings is 2. The number of aliphatic hydroxyl groups is 1. The Morgan fingerprint density at radius 1 is 1.09 bits per heavy atom. The van der Waals surface area contributed by atoms with Crippen molar-refractivity contribution in [2.75, 3.05) is 12.3 Å². The summed E-state index contributed by atoms with van der Waals surface area (Å²) in [7, 11) is 0. The number of urea groups is 1. The molecular weight excluding hydrogens is 416 g/mol. The van der Waals surface area contributed by atoms with Gasteiger partial charge >= 0.3 is 6.03 Å². The average Bonchev–Trinajstić information content (AvgIpc) is 2.82. The third-order valence-corrected chi connectivity index (χ3v) is 5.94. The van der Waals surface area contributed by atoms with Gasteiger partial charge in [-0.1, -0.05) is 67.2 Å². The van der Waals surface area contributed by atoms with Crippen molar-refractivity contribution in [3.8, 4) is 0 Å². The van der Waals surface area contributed by atoms with Gasteiger partial charge in [0.05, 0.1) is 5.92 Å². The molecule has 1 aliphatic heterocycles. The van der Waals surface area contributed by atoms with E-state index < -0.39 is 18.0 Å². The van der Waals surface area contributed by atoms with Crippen LogP contribution in [0.15, 0.2) is 91.3 Å². The molecule has 33 heavy (non-hydrogen) atoms. The van der Waals surface area contributed by atoms with E-state index in [1.807, 2.05) is 60.7 Å². The Bertz CT molecular complexity index is 1110. The summed E-state index contributed by atoms with van der Waals surface area (Å²) >= 11 is 0. The minimum Gasteiger partial charge on any atom is -0.511 e. The van der Waals surface area contributed by atoms with Crippen molar-refractivity contribution >= 4 is 17.8 Å². The third kappa shape index (κ3) is 4.72. The highest BCUT2D eigenvalue weighted by Crippen LogP contribution is 2.34. The van der Waals surface area contributed by atoms with Gasteiger partial charge in [0.2, 0.25) is 5.91 Å². The number of rotatable bonds is 7. The Morgan fingerprint density at radius 3 is 2.24 bits per heavy atom. The zero-order valence-electron chi connectivity index (χ0n) is 18.1. The number of aromatic nitrogens is 1. The van der Waals surface area contributed by atoms with Gasteiger partial charge in [-0.2, -0.15) is 0 Å². The number of amides is 3. The normalized spacial score (nSPS) is 17.5. The van der Waals surface area contributed by atoms with Crippen molar-refractivity contribution in [2.45, 2.75) is 18.4 Å². The van der Waals surface area contributed by atoms with Crippen LogP contribution in [-0.4, -0.2) is 39.5 Å². The number of likely N-dealkylation sites (tertiary alicyclic amines) is 1. The first-order valence-electron chi connectivity index (χ1n) is 10.7. The van der Waals surface area contributed by atoms with E-state index in [2.05, 4.69) is 16.9 Å². The lowest BCUT2D eigenvalue weighted by molar-refractivity contribution is -0.149. The monoisotopic (exact) mass is 442 g/mol. The van der Waals surface area contributed by atoms with Gasteiger partial charge in [-0.05, 0) is 35.2 Å². The van der Waals surface area contributed by atoms with Gasteiger partial charge in [-0.15, -0.1) is 0 Å². The van der Waals surface area contributed by atoms with Crippen molar-refractivity contribution in [1.29, 1.82) is 0 Å². The van der Waals surface area contributed by atoms with Gasteiger partial charge < -0.3 is 16.2 Å². The number of carbonyl (C=O) groups excluding carboxylic acids is 2. The number of nitrogens with two attached hydrogens (primary N) is 1. The molecule has 3 aromatic rings. The van der Waals surface area contributed by atoms with Crippen LogP contribution in [-0.2, 0) is 11.2 Å². The number of nitrogens with one attached hydrogen (secondary N) is 1. The second-order valence-electron chi connectivity index (χ2n) is 8.10. The van der Waals surface area contributed by atoms with E-state index in [1.54, 1.807) is 18.3 Å². The predicted molar refractivity (Wildman–Crippen MR) is 126 cm³/mol.